The molecule has 1 heterocycles. The molecule has 4 rings (SSSR count). The Morgan fingerprint density at radius 3 is 2.67 bits per heavy atom. The van der Waals surface area contributed by atoms with E-state index in [1.54, 1.807) is 6.26 Å². The van der Waals surface area contributed by atoms with Crippen molar-refractivity contribution in [2.24, 2.45) is 17.8 Å². The van der Waals surface area contributed by atoms with Crippen molar-refractivity contribution in [1.82, 2.24) is 4.90 Å². The highest BCUT2D eigenvalue weighted by atomic mass is 16.3. The van der Waals surface area contributed by atoms with Crippen LogP contribution in [0.1, 0.15) is 37.9 Å². The highest BCUT2D eigenvalue weighted by Gasteiger charge is 2.49. The molecule has 3 heteroatoms. The Balaban J connectivity index is 1.46. The fraction of sp³-hybridized carbons (Fsp3) is 0.667. The van der Waals surface area contributed by atoms with Gasteiger partial charge < -0.3 is 9.32 Å². The fourth-order valence-electron chi connectivity index (χ4n) is 3.49. The lowest BCUT2D eigenvalue weighted by Crippen LogP contribution is -2.37. The summed E-state index contributed by atoms with van der Waals surface area (Å²) in [6.07, 6.45) is 7.70. The van der Waals surface area contributed by atoms with E-state index in [2.05, 4.69) is 4.90 Å². The van der Waals surface area contributed by atoms with Crippen LogP contribution in [0, 0.1) is 17.8 Å². The predicted octanol–water partition coefficient (Wildman–Crippen LogP) is 2.82. The Hall–Kier alpha value is -1.25. The van der Waals surface area contributed by atoms with Gasteiger partial charge in [0.15, 0.2) is 0 Å². The lowest BCUT2D eigenvalue weighted by atomic mass is 10.0. The summed E-state index contributed by atoms with van der Waals surface area (Å²) in [5.74, 6) is 3.37. The number of nitrogens with zero attached hydrogens (tertiary/aromatic N) is 1. The fourth-order valence-corrected chi connectivity index (χ4v) is 3.49. The summed E-state index contributed by atoms with van der Waals surface area (Å²) in [6.45, 7) is 0.669. The van der Waals surface area contributed by atoms with Crippen LogP contribution in [-0.4, -0.2) is 16.8 Å². The second kappa shape index (κ2) is 3.87. The molecule has 2 unspecified atom stereocenters. The van der Waals surface area contributed by atoms with Crippen LogP contribution in [0.5, 0.6) is 0 Å². The van der Waals surface area contributed by atoms with E-state index in [0.717, 1.165) is 30.4 Å². The lowest BCUT2D eigenvalue weighted by Gasteiger charge is -2.25. The number of hydrogen-bond acceptors (Lipinski definition) is 2. The standard InChI is InChI=1S/C15H19NO2/c17-15(12-7-10-6-11(10)8-12)16(13-3-4-13)9-14-2-1-5-18-14/h1-2,5,10-13H,3-4,6-9H2. The molecular weight excluding hydrogens is 226 g/mol. The van der Waals surface area contributed by atoms with E-state index in [0.29, 0.717) is 24.4 Å². The second-order valence-corrected chi connectivity index (χ2v) is 6.20. The summed E-state index contributed by atoms with van der Waals surface area (Å²) >= 11 is 0. The number of hydrogen-bond donors (Lipinski definition) is 0. The largest absolute Gasteiger partial charge is 0.467 e. The molecule has 3 aliphatic rings. The highest BCUT2D eigenvalue weighted by Crippen LogP contribution is 2.55. The maximum Gasteiger partial charge on any atom is 0.226 e. The van der Waals surface area contributed by atoms with Gasteiger partial charge in [-0.05, 0) is 56.1 Å². The molecule has 3 fully saturated rings. The van der Waals surface area contributed by atoms with Crippen LogP contribution in [0.2, 0.25) is 0 Å². The third kappa shape index (κ3) is 1.86. The van der Waals surface area contributed by atoms with Crippen molar-refractivity contribution in [2.75, 3.05) is 0 Å². The monoisotopic (exact) mass is 245 g/mol. The van der Waals surface area contributed by atoms with Gasteiger partial charge in [-0.15, -0.1) is 0 Å². The predicted molar refractivity (Wildman–Crippen MR) is 66.6 cm³/mol. The molecule has 96 valence electrons. The normalized spacial score (nSPS) is 33.2. The third-order valence-electron chi connectivity index (χ3n) is 4.77. The average Bonchev–Trinajstić information content (AvgIpc) is 3.27. The maximum atomic E-state index is 12.6. The quantitative estimate of drug-likeness (QED) is 0.817. The summed E-state index contributed by atoms with van der Waals surface area (Å²) in [5.41, 5.74) is 0. The van der Waals surface area contributed by atoms with Gasteiger partial charge in [-0.2, -0.15) is 0 Å². The van der Waals surface area contributed by atoms with Crippen LogP contribution < -0.4 is 0 Å². The summed E-state index contributed by atoms with van der Waals surface area (Å²) in [4.78, 5) is 14.7. The van der Waals surface area contributed by atoms with E-state index < -0.39 is 0 Å². The van der Waals surface area contributed by atoms with Crippen LogP contribution in [0.3, 0.4) is 0 Å². The van der Waals surface area contributed by atoms with Crippen molar-refractivity contribution in [3.8, 4) is 0 Å². The summed E-state index contributed by atoms with van der Waals surface area (Å²) in [5, 5.41) is 0. The number of fused-ring (bicyclic) bond motifs is 1. The zero-order valence-electron chi connectivity index (χ0n) is 10.5. The van der Waals surface area contributed by atoms with E-state index in [-0.39, 0.29) is 0 Å². The van der Waals surface area contributed by atoms with Gasteiger partial charge in [-0.25, -0.2) is 0 Å². The van der Waals surface area contributed by atoms with Gasteiger partial charge in [0.25, 0.3) is 0 Å². The Morgan fingerprint density at radius 2 is 2.06 bits per heavy atom. The van der Waals surface area contributed by atoms with Crippen molar-refractivity contribution < 1.29 is 9.21 Å². The van der Waals surface area contributed by atoms with Gasteiger partial charge in [0.05, 0.1) is 12.8 Å². The molecule has 1 amide bonds. The van der Waals surface area contributed by atoms with Gasteiger partial charge in [0.1, 0.15) is 5.76 Å². The van der Waals surface area contributed by atoms with Crippen LogP contribution in [0.15, 0.2) is 22.8 Å². The molecule has 0 aromatic carbocycles. The first-order valence-corrected chi connectivity index (χ1v) is 7.14. The second-order valence-electron chi connectivity index (χ2n) is 6.20. The number of carbonyl (C=O) groups excluding carboxylic acids is 1. The molecular formula is C15H19NO2. The van der Waals surface area contributed by atoms with Gasteiger partial charge in [-0.1, -0.05) is 0 Å². The molecule has 3 aliphatic carbocycles. The topological polar surface area (TPSA) is 33.5 Å². The lowest BCUT2D eigenvalue weighted by molar-refractivity contribution is -0.137. The average molecular weight is 245 g/mol. The van der Waals surface area contributed by atoms with Crippen LogP contribution >= 0.6 is 0 Å². The summed E-state index contributed by atoms with van der Waals surface area (Å²) in [6, 6.07) is 4.35. The summed E-state index contributed by atoms with van der Waals surface area (Å²) < 4.78 is 5.39. The molecule has 0 spiro atoms. The molecule has 1 aromatic rings. The van der Waals surface area contributed by atoms with Crippen LogP contribution in [-0.2, 0) is 11.3 Å². The van der Waals surface area contributed by atoms with Crippen molar-refractivity contribution >= 4 is 5.91 Å². The zero-order chi connectivity index (χ0) is 12.1. The van der Waals surface area contributed by atoms with Crippen LogP contribution in [0.4, 0.5) is 0 Å². The molecule has 0 bridgehead atoms. The molecule has 0 aliphatic heterocycles. The number of amides is 1. The van der Waals surface area contributed by atoms with Crippen LogP contribution in [0.25, 0.3) is 0 Å². The first-order chi connectivity index (χ1) is 8.81. The first kappa shape index (κ1) is 10.7. The number of rotatable bonds is 4. The molecule has 1 aromatic heterocycles. The molecule has 18 heavy (non-hydrogen) atoms. The van der Waals surface area contributed by atoms with Gasteiger partial charge in [0, 0.05) is 12.0 Å². The minimum absolute atomic E-state index is 0.310. The minimum Gasteiger partial charge on any atom is -0.467 e. The van der Waals surface area contributed by atoms with Crippen molar-refractivity contribution in [3.05, 3.63) is 24.2 Å². The first-order valence-electron chi connectivity index (χ1n) is 7.14. The Labute approximate surface area is 107 Å². The maximum absolute atomic E-state index is 12.6. The van der Waals surface area contributed by atoms with Gasteiger partial charge in [-0.3, -0.25) is 4.79 Å². The van der Waals surface area contributed by atoms with E-state index in [1.165, 1.54) is 19.3 Å². The Kier molecular flexibility index (Phi) is 2.29. The molecule has 3 saturated carbocycles. The molecule has 2 atom stereocenters. The third-order valence-corrected chi connectivity index (χ3v) is 4.77. The molecule has 0 radical (unpaired) electrons. The summed E-state index contributed by atoms with van der Waals surface area (Å²) in [7, 11) is 0. The van der Waals surface area contributed by atoms with E-state index in [9.17, 15) is 4.79 Å². The van der Waals surface area contributed by atoms with Crippen molar-refractivity contribution in [3.63, 3.8) is 0 Å². The smallest absolute Gasteiger partial charge is 0.226 e. The molecule has 0 saturated heterocycles. The van der Waals surface area contributed by atoms with E-state index >= 15 is 0 Å². The van der Waals surface area contributed by atoms with Crippen molar-refractivity contribution in [1.29, 1.82) is 0 Å². The van der Waals surface area contributed by atoms with Gasteiger partial charge >= 0.3 is 0 Å². The molecule has 0 N–H and O–H groups in total. The zero-order valence-corrected chi connectivity index (χ0v) is 10.5. The Morgan fingerprint density at radius 1 is 1.28 bits per heavy atom. The number of carbonyl (C=O) groups is 1. The van der Waals surface area contributed by atoms with Crippen molar-refractivity contribution in [2.45, 2.75) is 44.7 Å². The highest BCUT2D eigenvalue weighted by molar-refractivity contribution is 5.80. The Bertz CT molecular complexity index is 439. The van der Waals surface area contributed by atoms with E-state index in [4.69, 9.17) is 4.42 Å². The number of furan rings is 1. The van der Waals surface area contributed by atoms with E-state index in [1.807, 2.05) is 12.1 Å². The SMILES string of the molecule is O=C(C1CC2CC2C1)N(Cc1ccco1)C1CC1. The molecule has 3 nitrogen and oxygen atoms in total. The minimum atomic E-state index is 0.310. The van der Waals surface area contributed by atoms with Gasteiger partial charge in [0.2, 0.25) is 5.91 Å².